The topological polar surface area (TPSA) is 72.7 Å². The molecule has 146 valence electrons. The second-order valence-electron chi connectivity index (χ2n) is 7.40. The van der Waals surface area contributed by atoms with Gasteiger partial charge in [-0.3, -0.25) is 9.20 Å². The second-order valence-corrected chi connectivity index (χ2v) is 7.76. The van der Waals surface area contributed by atoms with Gasteiger partial charge in [0.2, 0.25) is 0 Å². The van der Waals surface area contributed by atoms with Crippen molar-refractivity contribution in [3.8, 4) is 0 Å². The number of rotatable bonds is 5. The normalized spacial score (nSPS) is 11.4. The molecule has 0 aliphatic heterocycles. The Morgan fingerprint density at radius 1 is 1.14 bits per heavy atom. The number of amides is 1. The molecule has 2 aromatic heterocycles. The quantitative estimate of drug-likeness (QED) is 0.522. The Labute approximate surface area is 168 Å². The molecule has 0 unspecified atom stereocenters. The minimum atomic E-state index is -0.428. The van der Waals surface area contributed by atoms with E-state index in [1.54, 1.807) is 34.9 Å². The summed E-state index contributed by atoms with van der Waals surface area (Å²) in [4.78, 5) is 28.7. The molecule has 0 fully saturated rings. The molecule has 6 nitrogen and oxygen atoms in total. The zero-order valence-corrected chi connectivity index (χ0v) is 16.8. The summed E-state index contributed by atoms with van der Waals surface area (Å²) in [7, 11) is 0. The van der Waals surface area contributed by atoms with Gasteiger partial charge in [-0.1, -0.05) is 50.6 Å². The zero-order chi connectivity index (χ0) is 20.3. The number of imidazole rings is 1. The molecule has 0 aliphatic rings. The molecule has 0 spiro atoms. The molecular formula is C21H22ClN3O3. The van der Waals surface area contributed by atoms with Crippen molar-refractivity contribution in [3.63, 3.8) is 0 Å². The highest BCUT2D eigenvalue weighted by molar-refractivity contribution is 6.32. The first-order valence-electron chi connectivity index (χ1n) is 8.96. The summed E-state index contributed by atoms with van der Waals surface area (Å²) in [6, 6.07) is 12.7. The zero-order valence-electron chi connectivity index (χ0n) is 16.0. The molecular weight excluding hydrogens is 378 g/mol. The van der Waals surface area contributed by atoms with Crippen LogP contribution in [-0.2, 0) is 10.2 Å². The number of esters is 1. The number of fused-ring (bicyclic) bond motifs is 1. The molecule has 1 aromatic carbocycles. The Morgan fingerprint density at radius 2 is 1.86 bits per heavy atom. The monoisotopic (exact) mass is 399 g/mol. The number of hydrogen-bond donors (Lipinski definition) is 1. The first-order valence-corrected chi connectivity index (χ1v) is 9.33. The second kappa shape index (κ2) is 8.02. The van der Waals surface area contributed by atoms with Crippen molar-refractivity contribution in [1.29, 1.82) is 0 Å². The molecule has 7 heteroatoms. The Hall–Kier alpha value is -2.86. The summed E-state index contributed by atoms with van der Waals surface area (Å²) < 4.78 is 6.84. The average molecular weight is 400 g/mol. The molecule has 1 N–H and O–H groups in total. The molecule has 3 aromatic rings. The maximum atomic E-state index is 12.4. The van der Waals surface area contributed by atoms with Crippen molar-refractivity contribution in [2.45, 2.75) is 26.2 Å². The van der Waals surface area contributed by atoms with Crippen LogP contribution in [0.1, 0.15) is 47.2 Å². The van der Waals surface area contributed by atoms with E-state index < -0.39 is 5.97 Å². The number of carbonyl (C=O) groups is 2. The van der Waals surface area contributed by atoms with Gasteiger partial charge in [-0.2, -0.15) is 0 Å². The maximum Gasteiger partial charge on any atom is 0.338 e. The molecule has 28 heavy (non-hydrogen) atoms. The van der Waals surface area contributed by atoms with Gasteiger partial charge in [-0.05, 0) is 35.2 Å². The van der Waals surface area contributed by atoms with Crippen LogP contribution in [-0.4, -0.2) is 34.4 Å². The fourth-order valence-corrected chi connectivity index (χ4v) is 3.02. The van der Waals surface area contributed by atoms with Gasteiger partial charge < -0.3 is 10.1 Å². The third-order valence-electron chi connectivity index (χ3n) is 4.31. The average Bonchev–Trinajstić information content (AvgIpc) is 3.00. The fourth-order valence-electron chi connectivity index (χ4n) is 2.75. The first kappa shape index (κ1) is 19.9. The van der Waals surface area contributed by atoms with Gasteiger partial charge in [0.15, 0.2) is 10.8 Å². The lowest BCUT2D eigenvalue weighted by molar-refractivity contribution is 0.0503. The van der Waals surface area contributed by atoms with E-state index in [4.69, 9.17) is 16.3 Å². The number of ether oxygens (including phenoxy) is 1. The number of aromatic nitrogens is 2. The van der Waals surface area contributed by atoms with E-state index in [9.17, 15) is 9.59 Å². The van der Waals surface area contributed by atoms with Crippen LogP contribution in [0.2, 0.25) is 5.15 Å². The summed E-state index contributed by atoms with van der Waals surface area (Å²) in [6.45, 7) is 6.55. The van der Waals surface area contributed by atoms with Gasteiger partial charge in [0.05, 0.1) is 12.1 Å². The predicted octanol–water partition coefficient (Wildman–Crippen LogP) is 3.87. The third kappa shape index (κ3) is 4.34. The SMILES string of the molecule is CC(C)(C)c1ccc(C(=O)OCCNC(=O)c2c(Cl)nc3ccccn23)cc1. The molecule has 2 heterocycles. The lowest BCUT2D eigenvalue weighted by atomic mass is 9.87. The van der Waals surface area contributed by atoms with Gasteiger partial charge >= 0.3 is 5.97 Å². The van der Waals surface area contributed by atoms with Gasteiger partial charge in [-0.15, -0.1) is 0 Å². The smallest absolute Gasteiger partial charge is 0.338 e. The number of benzene rings is 1. The van der Waals surface area contributed by atoms with Crippen LogP contribution >= 0.6 is 11.6 Å². The van der Waals surface area contributed by atoms with Gasteiger partial charge in [0.25, 0.3) is 5.91 Å². The molecule has 0 aliphatic carbocycles. The Balaban J connectivity index is 1.53. The number of nitrogens with zero attached hydrogens (tertiary/aromatic N) is 2. The molecule has 0 saturated heterocycles. The van der Waals surface area contributed by atoms with E-state index in [1.807, 2.05) is 18.2 Å². The minimum absolute atomic E-state index is 0.0197. The number of carbonyl (C=O) groups excluding carboxylic acids is 2. The van der Waals surface area contributed by atoms with Crippen LogP contribution in [0.15, 0.2) is 48.7 Å². The highest BCUT2D eigenvalue weighted by Gasteiger charge is 2.18. The summed E-state index contributed by atoms with van der Waals surface area (Å²) in [5.74, 6) is -0.808. The highest BCUT2D eigenvalue weighted by atomic mass is 35.5. The Kier molecular flexibility index (Phi) is 5.70. The maximum absolute atomic E-state index is 12.4. The minimum Gasteiger partial charge on any atom is -0.460 e. The summed E-state index contributed by atoms with van der Waals surface area (Å²) in [5.41, 5.74) is 2.47. The van der Waals surface area contributed by atoms with E-state index >= 15 is 0 Å². The van der Waals surface area contributed by atoms with E-state index in [1.165, 1.54) is 0 Å². The van der Waals surface area contributed by atoms with E-state index in [0.29, 0.717) is 11.2 Å². The first-order chi connectivity index (χ1) is 13.3. The van der Waals surface area contributed by atoms with E-state index in [0.717, 1.165) is 5.56 Å². The van der Waals surface area contributed by atoms with Crippen molar-refractivity contribution < 1.29 is 14.3 Å². The number of nitrogens with one attached hydrogen (secondary N) is 1. The standard InChI is InChI=1S/C21H22ClN3O3/c1-21(2,3)15-9-7-14(8-10-15)20(27)28-13-11-23-19(26)17-18(22)24-16-6-4-5-12-25(16)17/h4-10,12H,11,13H2,1-3H3,(H,23,26). The van der Waals surface area contributed by atoms with Crippen molar-refractivity contribution in [2.75, 3.05) is 13.2 Å². The van der Waals surface area contributed by atoms with Gasteiger partial charge in [-0.25, -0.2) is 9.78 Å². The molecule has 0 bridgehead atoms. The van der Waals surface area contributed by atoms with Crippen LogP contribution in [0.3, 0.4) is 0 Å². The van der Waals surface area contributed by atoms with Crippen LogP contribution in [0.5, 0.6) is 0 Å². The van der Waals surface area contributed by atoms with E-state index in [2.05, 4.69) is 31.1 Å². The van der Waals surface area contributed by atoms with Crippen LogP contribution in [0.4, 0.5) is 0 Å². The van der Waals surface area contributed by atoms with E-state index in [-0.39, 0.29) is 35.3 Å². The number of pyridine rings is 1. The third-order valence-corrected chi connectivity index (χ3v) is 4.57. The van der Waals surface area contributed by atoms with Crippen molar-refractivity contribution in [3.05, 3.63) is 70.6 Å². The van der Waals surface area contributed by atoms with Crippen molar-refractivity contribution in [2.24, 2.45) is 0 Å². The summed E-state index contributed by atoms with van der Waals surface area (Å²) in [6.07, 6.45) is 1.71. The van der Waals surface area contributed by atoms with Crippen LogP contribution < -0.4 is 5.32 Å². The number of halogens is 1. The largest absolute Gasteiger partial charge is 0.460 e. The number of hydrogen-bond acceptors (Lipinski definition) is 4. The lowest BCUT2D eigenvalue weighted by Crippen LogP contribution is -2.29. The summed E-state index contributed by atoms with van der Waals surface area (Å²) in [5, 5.41) is 2.82. The van der Waals surface area contributed by atoms with Gasteiger partial charge in [0, 0.05) is 6.20 Å². The van der Waals surface area contributed by atoms with Crippen molar-refractivity contribution >= 4 is 29.1 Å². The molecule has 0 radical (unpaired) electrons. The lowest BCUT2D eigenvalue weighted by Gasteiger charge is -2.18. The van der Waals surface area contributed by atoms with Gasteiger partial charge in [0.1, 0.15) is 12.3 Å². The summed E-state index contributed by atoms with van der Waals surface area (Å²) >= 11 is 6.07. The molecule has 1 amide bonds. The molecule has 3 rings (SSSR count). The Morgan fingerprint density at radius 3 is 2.54 bits per heavy atom. The fraction of sp³-hybridized carbons (Fsp3) is 0.286. The molecule has 0 saturated carbocycles. The van der Waals surface area contributed by atoms with Crippen LogP contribution in [0, 0.1) is 0 Å². The molecule has 0 atom stereocenters. The van der Waals surface area contributed by atoms with Crippen LogP contribution in [0.25, 0.3) is 5.65 Å². The highest BCUT2D eigenvalue weighted by Crippen LogP contribution is 2.22. The Bertz CT molecular complexity index is 1000. The predicted molar refractivity (Wildman–Crippen MR) is 108 cm³/mol. The van der Waals surface area contributed by atoms with Crippen molar-refractivity contribution in [1.82, 2.24) is 14.7 Å².